The van der Waals surface area contributed by atoms with Crippen LogP contribution in [0, 0.1) is 18.7 Å². The van der Waals surface area contributed by atoms with Gasteiger partial charge in [0.1, 0.15) is 11.6 Å². The Bertz CT molecular complexity index is 826. The van der Waals surface area contributed by atoms with Crippen LogP contribution in [0.5, 0.6) is 5.75 Å². The van der Waals surface area contributed by atoms with Crippen molar-refractivity contribution in [3.63, 3.8) is 0 Å². The van der Waals surface area contributed by atoms with Crippen LogP contribution in [-0.4, -0.2) is 32.3 Å². The van der Waals surface area contributed by atoms with E-state index in [0.717, 1.165) is 48.6 Å². The number of nitrogens with zero attached hydrogens (tertiary/aromatic N) is 1. The molecule has 1 saturated heterocycles. The van der Waals surface area contributed by atoms with E-state index in [1.165, 1.54) is 12.1 Å². The minimum absolute atomic E-state index is 0. The van der Waals surface area contributed by atoms with Gasteiger partial charge in [-0.05, 0) is 49.6 Å². The molecule has 2 N–H and O–H groups in total. The molecule has 164 valence electrons. The highest BCUT2D eigenvalue weighted by molar-refractivity contribution is 14.0. The first-order valence-corrected chi connectivity index (χ1v) is 10.2. The van der Waals surface area contributed by atoms with Crippen molar-refractivity contribution < 1.29 is 13.9 Å². The van der Waals surface area contributed by atoms with Crippen LogP contribution in [0.1, 0.15) is 30.0 Å². The van der Waals surface area contributed by atoms with Gasteiger partial charge in [-0.2, -0.15) is 0 Å². The van der Waals surface area contributed by atoms with E-state index >= 15 is 0 Å². The van der Waals surface area contributed by atoms with Gasteiger partial charge in [-0.15, -0.1) is 24.0 Å². The molecule has 1 heterocycles. The number of rotatable bonds is 8. The van der Waals surface area contributed by atoms with Crippen LogP contribution >= 0.6 is 24.0 Å². The second-order valence-electron chi connectivity index (χ2n) is 7.33. The molecule has 1 atom stereocenters. The van der Waals surface area contributed by atoms with Gasteiger partial charge in [0, 0.05) is 31.2 Å². The number of aryl methyl sites for hydroxylation is 1. The van der Waals surface area contributed by atoms with Crippen LogP contribution in [0.2, 0.25) is 0 Å². The van der Waals surface area contributed by atoms with E-state index in [2.05, 4.69) is 40.7 Å². The number of guanidine groups is 1. The second-order valence-corrected chi connectivity index (χ2v) is 7.33. The average molecular weight is 527 g/mol. The first-order chi connectivity index (χ1) is 14.1. The number of hydrogen-bond acceptors (Lipinski definition) is 3. The highest BCUT2D eigenvalue weighted by atomic mass is 127. The summed E-state index contributed by atoms with van der Waals surface area (Å²) in [5.41, 5.74) is 3.07. The van der Waals surface area contributed by atoms with E-state index in [0.29, 0.717) is 31.6 Å². The maximum absolute atomic E-state index is 13.4. The Morgan fingerprint density at radius 3 is 2.83 bits per heavy atom. The highest BCUT2D eigenvalue weighted by Crippen LogP contribution is 2.22. The van der Waals surface area contributed by atoms with Gasteiger partial charge >= 0.3 is 0 Å². The lowest BCUT2D eigenvalue weighted by Gasteiger charge is -2.17. The van der Waals surface area contributed by atoms with E-state index in [-0.39, 0.29) is 29.8 Å². The van der Waals surface area contributed by atoms with Gasteiger partial charge in [-0.1, -0.05) is 24.3 Å². The van der Waals surface area contributed by atoms with E-state index < -0.39 is 0 Å². The van der Waals surface area contributed by atoms with Crippen molar-refractivity contribution in [3.05, 3.63) is 65.0 Å². The standard InChI is InChI=1S/C23H30FN3O2.HI/c1-3-25-23(26-13-18-5-4-6-21(24)12-18)27-14-20-8-7-17(2)11-22(20)29-16-19-9-10-28-15-19;/h4-8,11-12,19H,3,9-10,13-16H2,1-2H3,(H2,25,26,27);1H. The smallest absolute Gasteiger partial charge is 0.191 e. The van der Waals surface area contributed by atoms with Crippen LogP contribution in [0.4, 0.5) is 4.39 Å². The SMILES string of the molecule is CCNC(=NCc1cccc(F)c1)NCc1ccc(C)cc1OCC1CCOC1.I. The van der Waals surface area contributed by atoms with Gasteiger partial charge in [0.15, 0.2) is 5.96 Å². The Balaban J connectivity index is 0.00000320. The molecule has 3 rings (SSSR count). The zero-order valence-corrected chi connectivity index (χ0v) is 19.9. The Morgan fingerprint density at radius 1 is 1.23 bits per heavy atom. The number of benzene rings is 2. The molecule has 1 aliphatic heterocycles. The molecule has 7 heteroatoms. The summed E-state index contributed by atoms with van der Waals surface area (Å²) in [5.74, 6) is 1.80. The number of aliphatic imine (C=N–C) groups is 1. The molecular weight excluding hydrogens is 496 g/mol. The third kappa shape index (κ3) is 7.75. The van der Waals surface area contributed by atoms with Gasteiger partial charge < -0.3 is 20.1 Å². The molecule has 0 radical (unpaired) electrons. The Hall–Kier alpha value is -1.87. The molecule has 2 aromatic rings. The normalized spacial score (nSPS) is 16.1. The lowest BCUT2D eigenvalue weighted by Crippen LogP contribution is -2.36. The number of hydrogen-bond donors (Lipinski definition) is 2. The summed E-state index contributed by atoms with van der Waals surface area (Å²) in [6.07, 6.45) is 1.05. The molecule has 30 heavy (non-hydrogen) atoms. The lowest BCUT2D eigenvalue weighted by atomic mass is 10.1. The molecule has 0 saturated carbocycles. The zero-order valence-electron chi connectivity index (χ0n) is 17.6. The predicted molar refractivity (Wildman–Crippen MR) is 129 cm³/mol. The summed E-state index contributed by atoms with van der Waals surface area (Å²) in [6.45, 7) is 8.09. The van der Waals surface area contributed by atoms with Crippen molar-refractivity contribution in [2.24, 2.45) is 10.9 Å². The fraction of sp³-hybridized carbons (Fsp3) is 0.435. The molecule has 0 aliphatic carbocycles. The summed E-state index contributed by atoms with van der Waals surface area (Å²) in [4.78, 5) is 4.57. The summed E-state index contributed by atoms with van der Waals surface area (Å²) < 4.78 is 24.9. The van der Waals surface area contributed by atoms with Gasteiger partial charge in [-0.25, -0.2) is 9.38 Å². The monoisotopic (exact) mass is 527 g/mol. The van der Waals surface area contributed by atoms with Crippen LogP contribution in [0.25, 0.3) is 0 Å². The minimum atomic E-state index is -0.246. The van der Waals surface area contributed by atoms with Gasteiger partial charge in [0.25, 0.3) is 0 Å². The highest BCUT2D eigenvalue weighted by Gasteiger charge is 2.17. The summed E-state index contributed by atoms with van der Waals surface area (Å²) in [6, 6.07) is 12.8. The molecule has 0 spiro atoms. The van der Waals surface area contributed by atoms with Crippen molar-refractivity contribution in [1.29, 1.82) is 0 Å². The lowest BCUT2D eigenvalue weighted by molar-refractivity contribution is 0.166. The quantitative estimate of drug-likeness (QED) is 0.303. The summed E-state index contributed by atoms with van der Waals surface area (Å²) in [7, 11) is 0. The first-order valence-electron chi connectivity index (χ1n) is 10.2. The Labute approximate surface area is 195 Å². The number of ether oxygens (including phenoxy) is 2. The fourth-order valence-electron chi connectivity index (χ4n) is 3.19. The maximum atomic E-state index is 13.4. The van der Waals surface area contributed by atoms with E-state index in [1.807, 2.05) is 13.0 Å². The molecular formula is C23H31FIN3O2. The molecule has 0 bridgehead atoms. The summed E-state index contributed by atoms with van der Waals surface area (Å²) in [5, 5.41) is 6.58. The van der Waals surface area contributed by atoms with Crippen LogP contribution in [0.15, 0.2) is 47.5 Å². The predicted octanol–water partition coefficient (Wildman–Crippen LogP) is 4.42. The zero-order chi connectivity index (χ0) is 20.5. The minimum Gasteiger partial charge on any atom is -0.493 e. The van der Waals surface area contributed by atoms with Crippen molar-refractivity contribution in [1.82, 2.24) is 10.6 Å². The summed E-state index contributed by atoms with van der Waals surface area (Å²) >= 11 is 0. The fourth-order valence-corrected chi connectivity index (χ4v) is 3.19. The topological polar surface area (TPSA) is 54.9 Å². The van der Waals surface area contributed by atoms with Crippen LogP contribution in [-0.2, 0) is 17.8 Å². The molecule has 2 aromatic carbocycles. The van der Waals surface area contributed by atoms with Crippen LogP contribution < -0.4 is 15.4 Å². The van der Waals surface area contributed by atoms with Gasteiger partial charge in [0.2, 0.25) is 0 Å². The molecule has 1 unspecified atom stereocenters. The first kappa shape index (κ1) is 24.4. The van der Waals surface area contributed by atoms with Crippen molar-refractivity contribution in [3.8, 4) is 5.75 Å². The van der Waals surface area contributed by atoms with Gasteiger partial charge in [0.05, 0.1) is 19.8 Å². The van der Waals surface area contributed by atoms with Crippen LogP contribution in [0.3, 0.4) is 0 Å². The van der Waals surface area contributed by atoms with E-state index in [9.17, 15) is 4.39 Å². The average Bonchev–Trinajstić information content (AvgIpc) is 3.23. The molecule has 0 aromatic heterocycles. The Kier molecular flexibility index (Phi) is 10.4. The molecule has 1 fully saturated rings. The van der Waals surface area contributed by atoms with Gasteiger partial charge in [-0.3, -0.25) is 0 Å². The number of nitrogens with one attached hydrogen (secondary N) is 2. The molecule has 5 nitrogen and oxygen atoms in total. The third-order valence-electron chi connectivity index (χ3n) is 4.82. The largest absolute Gasteiger partial charge is 0.493 e. The molecule has 0 amide bonds. The second kappa shape index (κ2) is 12.7. The third-order valence-corrected chi connectivity index (χ3v) is 4.82. The van der Waals surface area contributed by atoms with E-state index in [4.69, 9.17) is 9.47 Å². The maximum Gasteiger partial charge on any atom is 0.191 e. The Morgan fingerprint density at radius 2 is 2.10 bits per heavy atom. The van der Waals surface area contributed by atoms with Crippen molar-refractivity contribution >= 4 is 29.9 Å². The van der Waals surface area contributed by atoms with E-state index in [1.54, 1.807) is 6.07 Å². The molecule has 1 aliphatic rings. The van der Waals surface area contributed by atoms with Crippen molar-refractivity contribution in [2.75, 3.05) is 26.4 Å². The van der Waals surface area contributed by atoms with Crippen molar-refractivity contribution in [2.45, 2.75) is 33.4 Å². The number of halogens is 2.